The Bertz CT molecular complexity index is 1550. The number of carbonyl (C=O) groups excluding carboxylic acids is 1. The summed E-state index contributed by atoms with van der Waals surface area (Å²) in [6.07, 6.45) is 3.89. The van der Waals surface area contributed by atoms with Gasteiger partial charge < -0.3 is 24.2 Å². The maximum Gasteiger partial charge on any atom is 0.410 e. The number of anilines is 2. The first kappa shape index (κ1) is 31.4. The van der Waals surface area contributed by atoms with Crippen molar-refractivity contribution in [1.82, 2.24) is 19.8 Å². The first-order valence-corrected chi connectivity index (χ1v) is 16.6. The number of carbonyl (C=O) groups is 1. The molecule has 3 aromatic rings. The largest absolute Gasteiger partial charge is 0.461 e. The van der Waals surface area contributed by atoms with E-state index in [0.717, 1.165) is 43.9 Å². The lowest BCUT2D eigenvalue weighted by Crippen LogP contribution is -2.61. The van der Waals surface area contributed by atoms with E-state index in [1.807, 2.05) is 25.7 Å². The van der Waals surface area contributed by atoms with Gasteiger partial charge in [-0.3, -0.25) is 4.90 Å². The van der Waals surface area contributed by atoms with Gasteiger partial charge >= 0.3 is 12.1 Å². The number of amides is 1. The molecule has 6 rings (SSSR count). The topological polar surface area (TPSA) is 74.3 Å². The molecular formula is C36H50N6O3. The van der Waals surface area contributed by atoms with Crippen LogP contribution in [0.1, 0.15) is 72.1 Å². The quantitative estimate of drug-likeness (QED) is 0.321. The molecule has 3 aliphatic rings. The van der Waals surface area contributed by atoms with Crippen LogP contribution >= 0.6 is 0 Å². The molecule has 9 heteroatoms. The number of aromatic nitrogens is 2. The summed E-state index contributed by atoms with van der Waals surface area (Å²) in [5, 5.41) is 2.49. The monoisotopic (exact) mass is 614 g/mol. The molecule has 2 saturated heterocycles. The fraction of sp³-hybridized carbons (Fsp3) is 0.583. The van der Waals surface area contributed by atoms with Gasteiger partial charge in [0.05, 0.1) is 23.3 Å². The lowest BCUT2D eigenvalue weighted by atomic mass is 9.94. The van der Waals surface area contributed by atoms with Crippen LogP contribution in [0.25, 0.3) is 10.8 Å². The molecule has 0 aliphatic carbocycles. The van der Waals surface area contributed by atoms with Crippen LogP contribution in [0.2, 0.25) is 0 Å². The summed E-state index contributed by atoms with van der Waals surface area (Å²) in [6.45, 7) is 17.3. The zero-order valence-electron chi connectivity index (χ0n) is 28.2. The summed E-state index contributed by atoms with van der Waals surface area (Å²) in [4.78, 5) is 32.4. The van der Waals surface area contributed by atoms with E-state index in [1.54, 1.807) is 0 Å². The Labute approximate surface area is 268 Å². The molecule has 0 radical (unpaired) electrons. The number of likely N-dealkylation sites (tertiary alicyclic amines) is 1. The van der Waals surface area contributed by atoms with Gasteiger partial charge in [0.2, 0.25) is 0 Å². The Kier molecular flexibility index (Phi) is 8.35. The van der Waals surface area contributed by atoms with Crippen molar-refractivity contribution in [2.45, 2.75) is 90.4 Å². The van der Waals surface area contributed by atoms with E-state index in [0.29, 0.717) is 38.8 Å². The van der Waals surface area contributed by atoms with Crippen LogP contribution in [0.3, 0.4) is 0 Å². The van der Waals surface area contributed by atoms with Gasteiger partial charge in [-0.15, -0.1) is 0 Å². The first-order chi connectivity index (χ1) is 21.4. The fourth-order valence-electron chi connectivity index (χ4n) is 7.40. The zero-order valence-corrected chi connectivity index (χ0v) is 28.2. The summed E-state index contributed by atoms with van der Waals surface area (Å²) in [6, 6.07) is 15.6. The van der Waals surface area contributed by atoms with Crippen molar-refractivity contribution in [3.05, 3.63) is 53.7 Å². The lowest BCUT2D eigenvalue weighted by Gasteiger charge is -2.48. The number of ether oxygens (including phenoxy) is 2. The maximum absolute atomic E-state index is 13.0. The summed E-state index contributed by atoms with van der Waals surface area (Å²) in [5.41, 5.74) is 2.54. The van der Waals surface area contributed by atoms with Crippen molar-refractivity contribution in [2.24, 2.45) is 0 Å². The van der Waals surface area contributed by atoms with Gasteiger partial charge in [-0.2, -0.15) is 9.97 Å². The van der Waals surface area contributed by atoms with Crippen molar-refractivity contribution in [1.29, 1.82) is 0 Å². The van der Waals surface area contributed by atoms with Crippen molar-refractivity contribution in [3.63, 3.8) is 0 Å². The van der Waals surface area contributed by atoms with Crippen molar-refractivity contribution in [3.8, 4) is 6.01 Å². The van der Waals surface area contributed by atoms with E-state index in [-0.39, 0.29) is 17.2 Å². The standard InChI is InChI=1S/C36H50N6O3/c1-8-36(18-12-19-39(36)7)25-44-32-37-29-23-40(30-16-11-14-26-13-9-10-15-27(26)30)20-17-28(29)31(38-32)42-22-21-41(24-35(42,5)6)33(43)45-34(2,3)4/h9-11,13-16H,8,12,17-25H2,1-7H3/t36-/m0/s1. The summed E-state index contributed by atoms with van der Waals surface area (Å²) in [5.74, 6) is 0.937. The zero-order chi connectivity index (χ0) is 32.0. The molecule has 1 atom stereocenters. The molecule has 242 valence electrons. The molecule has 45 heavy (non-hydrogen) atoms. The molecule has 0 spiro atoms. The molecule has 0 unspecified atom stereocenters. The summed E-state index contributed by atoms with van der Waals surface area (Å²) >= 11 is 0. The van der Waals surface area contributed by atoms with E-state index < -0.39 is 5.60 Å². The van der Waals surface area contributed by atoms with E-state index in [2.05, 4.69) is 85.0 Å². The second kappa shape index (κ2) is 12.0. The van der Waals surface area contributed by atoms with Crippen molar-refractivity contribution < 1.29 is 14.3 Å². The molecular weight excluding hydrogens is 564 g/mol. The number of hydrogen-bond donors (Lipinski definition) is 0. The molecule has 1 aromatic heterocycles. The number of nitrogens with zero attached hydrogens (tertiary/aromatic N) is 6. The van der Waals surface area contributed by atoms with Crippen molar-refractivity contribution >= 4 is 28.4 Å². The molecule has 2 fully saturated rings. The minimum Gasteiger partial charge on any atom is -0.461 e. The Morgan fingerprint density at radius 1 is 1.00 bits per heavy atom. The predicted octanol–water partition coefficient (Wildman–Crippen LogP) is 6.28. The van der Waals surface area contributed by atoms with E-state index in [1.165, 1.54) is 28.4 Å². The minimum atomic E-state index is -0.532. The lowest BCUT2D eigenvalue weighted by molar-refractivity contribution is 0.0178. The van der Waals surface area contributed by atoms with Crippen LogP contribution in [0, 0.1) is 0 Å². The second-order valence-electron chi connectivity index (χ2n) is 14.7. The third-order valence-electron chi connectivity index (χ3n) is 10.0. The average molecular weight is 615 g/mol. The molecule has 9 nitrogen and oxygen atoms in total. The van der Waals surface area contributed by atoms with Crippen LogP contribution in [-0.4, -0.2) is 88.9 Å². The van der Waals surface area contributed by atoms with Crippen LogP contribution < -0.4 is 14.5 Å². The van der Waals surface area contributed by atoms with Crippen LogP contribution in [-0.2, 0) is 17.7 Å². The smallest absolute Gasteiger partial charge is 0.410 e. The van der Waals surface area contributed by atoms with Crippen molar-refractivity contribution in [2.75, 3.05) is 56.2 Å². The number of fused-ring (bicyclic) bond motifs is 2. The van der Waals surface area contributed by atoms with E-state index in [9.17, 15) is 4.79 Å². The number of piperazine rings is 1. The highest BCUT2D eigenvalue weighted by atomic mass is 16.6. The van der Waals surface area contributed by atoms with Crippen LogP contribution in [0.15, 0.2) is 42.5 Å². The Hall–Kier alpha value is -3.59. The SMILES string of the molecule is CC[C@@]1(COc2nc3c(c(N4CCN(C(=O)OC(C)(C)C)CC4(C)C)n2)CCN(c2cccc4ccccc24)C3)CCCN1C. The minimum absolute atomic E-state index is 0.00667. The van der Waals surface area contributed by atoms with E-state index in [4.69, 9.17) is 19.4 Å². The van der Waals surface area contributed by atoms with Gasteiger partial charge in [-0.05, 0) is 85.3 Å². The third kappa shape index (κ3) is 6.28. The molecule has 0 bridgehead atoms. The molecule has 1 amide bonds. The van der Waals surface area contributed by atoms with Gasteiger partial charge in [0.25, 0.3) is 0 Å². The van der Waals surface area contributed by atoms with Crippen LogP contribution in [0.5, 0.6) is 6.01 Å². The fourth-order valence-corrected chi connectivity index (χ4v) is 7.40. The van der Waals surface area contributed by atoms with Crippen LogP contribution in [0.4, 0.5) is 16.3 Å². The molecule has 0 N–H and O–H groups in total. The Morgan fingerprint density at radius 2 is 1.78 bits per heavy atom. The molecule has 4 heterocycles. The van der Waals surface area contributed by atoms with Gasteiger partial charge in [-0.1, -0.05) is 43.3 Å². The number of likely N-dealkylation sites (N-methyl/N-ethyl adjacent to an activating group) is 1. The molecule has 2 aromatic carbocycles. The summed E-state index contributed by atoms with van der Waals surface area (Å²) in [7, 11) is 2.20. The molecule has 3 aliphatic heterocycles. The summed E-state index contributed by atoms with van der Waals surface area (Å²) < 4.78 is 12.3. The Balaban J connectivity index is 1.33. The van der Waals surface area contributed by atoms with E-state index >= 15 is 0 Å². The first-order valence-electron chi connectivity index (χ1n) is 16.6. The normalized spacial score (nSPS) is 22.1. The number of benzene rings is 2. The maximum atomic E-state index is 13.0. The molecule has 0 saturated carbocycles. The highest BCUT2D eigenvalue weighted by Crippen LogP contribution is 2.38. The predicted molar refractivity (Wildman–Crippen MR) is 180 cm³/mol. The van der Waals surface area contributed by atoms with Gasteiger partial charge in [-0.25, -0.2) is 4.79 Å². The Morgan fingerprint density at radius 3 is 2.49 bits per heavy atom. The average Bonchev–Trinajstić information content (AvgIpc) is 3.37. The van der Waals surface area contributed by atoms with Gasteiger partial charge in [0.1, 0.15) is 18.0 Å². The number of rotatable bonds is 6. The number of hydrogen-bond acceptors (Lipinski definition) is 8. The van der Waals surface area contributed by atoms with Gasteiger partial charge in [0.15, 0.2) is 0 Å². The highest BCUT2D eigenvalue weighted by Gasteiger charge is 2.41. The second-order valence-corrected chi connectivity index (χ2v) is 14.7. The van der Waals surface area contributed by atoms with Gasteiger partial charge in [0, 0.05) is 42.8 Å². The third-order valence-corrected chi connectivity index (χ3v) is 10.0. The highest BCUT2D eigenvalue weighted by molar-refractivity contribution is 5.94.